The first-order valence-electron chi connectivity index (χ1n) is 7.52. The lowest BCUT2D eigenvalue weighted by Gasteiger charge is -2.20. The van der Waals surface area contributed by atoms with Gasteiger partial charge in [-0.15, -0.1) is 11.3 Å². The molecule has 3 aromatic rings. The van der Waals surface area contributed by atoms with E-state index in [1.807, 2.05) is 18.2 Å². The third-order valence-corrected chi connectivity index (χ3v) is 5.45. The zero-order valence-electron chi connectivity index (χ0n) is 12.5. The van der Waals surface area contributed by atoms with Crippen molar-refractivity contribution in [3.8, 4) is 11.5 Å². The molecule has 1 aliphatic rings. The highest BCUT2D eigenvalue weighted by molar-refractivity contribution is 7.18. The monoisotopic (exact) mass is 327 g/mol. The van der Waals surface area contributed by atoms with E-state index in [1.165, 1.54) is 6.07 Å². The number of nitrogens with one attached hydrogen (secondary N) is 2. The molecule has 3 unspecified atom stereocenters. The second-order valence-corrected chi connectivity index (χ2v) is 6.91. The van der Waals surface area contributed by atoms with Gasteiger partial charge in [-0.1, -0.05) is 18.2 Å². The van der Waals surface area contributed by atoms with Crippen molar-refractivity contribution >= 4 is 21.6 Å². The summed E-state index contributed by atoms with van der Waals surface area (Å²) in [5.74, 6) is 0.245. The predicted molar refractivity (Wildman–Crippen MR) is 90.6 cm³/mol. The smallest absolute Gasteiger partial charge is 0.124 e. The fourth-order valence-electron chi connectivity index (χ4n) is 3.14. The Morgan fingerprint density at radius 2 is 1.91 bits per heavy atom. The second kappa shape index (κ2) is 5.49. The Hall–Kier alpha value is -2.15. The molecule has 0 saturated carbocycles. The van der Waals surface area contributed by atoms with Crippen molar-refractivity contribution in [2.75, 3.05) is 0 Å². The van der Waals surface area contributed by atoms with Gasteiger partial charge < -0.3 is 10.2 Å². The number of hydrogen-bond donors (Lipinski definition) is 4. The highest BCUT2D eigenvalue weighted by Gasteiger charge is 2.38. The van der Waals surface area contributed by atoms with Crippen molar-refractivity contribution in [1.82, 2.24) is 15.8 Å². The van der Waals surface area contributed by atoms with Gasteiger partial charge >= 0.3 is 0 Å². The summed E-state index contributed by atoms with van der Waals surface area (Å²) in [6, 6.07) is 12.9. The molecule has 118 valence electrons. The van der Waals surface area contributed by atoms with Crippen molar-refractivity contribution in [3.05, 3.63) is 53.0 Å². The van der Waals surface area contributed by atoms with Crippen LogP contribution in [0.15, 0.2) is 42.5 Å². The number of para-hydroxylation sites is 1. The molecule has 5 nitrogen and oxygen atoms in total. The van der Waals surface area contributed by atoms with E-state index in [0.717, 1.165) is 20.8 Å². The van der Waals surface area contributed by atoms with E-state index in [2.05, 4.69) is 23.8 Å². The standard InChI is InChI=1S/C17H17N3O2S/c1-9-15(17-18-12-4-2-3-5-14(12)23-17)16(20-19-9)11-7-6-10(21)8-13(11)22/h2-9,15-16,19-22H,1H3. The van der Waals surface area contributed by atoms with Crippen molar-refractivity contribution in [2.45, 2.75) is 24.9 Å². The summed E-state index contributed by atoms with van der Waals surface area (Å²) in [7, 11) is 0. The highest BCUT2D eigenvalue weighted by Crippen LogP contribution is 2.43. The van der Waals surface area contributed by atoms with Crippen molar-refractivity contribution in [3.63, 3.8) is 0 Å². The van der Waals surface area contributed by atoms with Crippen molar-refractivity contribution < 1.29 is 10.2 Å². The molecule has 1 aromatic heterocycles. The van der Waals surface area contributed by atoms with Crippen LogP contribution in [0.25, 0.3) is 10.2 Å². The first-order valence-corrected chi connectivity index (χ1v) is 8.33. The summed E-state index contributed by atoms with van der Waals surface area (Å²) < 4.78 is 1.16. The maximum atomic E-state index is 10.2. The van der Waals surface area contributed by atoms with Crippen LogP contribution in [0.1, 0.15) is 29.5 Å². The predicted octanol–water partition coefficient (Wildman–Crippen LogP) is 3.03. The third kappa shape index (κ3) is 2.45. The van der Waals surface area contributed by atoms with Gasteiger partial charge in [-0.2, -0.15) is 0 Å². The van der Waals surface area contributed by atoms with Gasteiger partial charge in [0.1, 0.15) is 16.5 Å². The van der Waals surface area contributed by atoms with Crippen LogP contribution in [0.2, 0.25) is 0 Å². The number of aromatic hydroxyl groups is 2. The average Bonchev–Trinajstić information content (AvgIpc) is 3.10. The van der Waals surface area contributed by atoms with Gasteiger partial charge in [0, 0.05) is 23.6 Å². The lowest BCUT2D eigenvalue weighted by Crippen LogP contribution is -2.29. The van der Waals surface area contributed by atoms with Crippen molar-refractivity contribution in [2.24, 2.45) is 0 Å². The number of phenols is 2. The number of aromatic nitrogens is 1. The van der Waals surface area contributed by atoms with Crippen LogP contribution >= 0.6 is 11.3 Å². The van der Waals surface area contributed by atoms with E-state index in [-0.39, 0.29) is 29.5 Å². The number of phenolic OH excluding ortho intramolecular Hbond substituents is 2. The van der Waals surface area contributed by atoms with E-state index in [0.29, 0.717) is 0 Å². The van der Waals surface area contributed by atoms with E-state index in [9.17, 15) is 10.2 Å². The molecule has 1 aliphatic heterocycles. The lowest BCUT2D eigenvalue weighted by molar-refractivity contribution is 0.432. The summed E-state index contributed by atoms with van der Waals surface area (Å²) >= 11 is 1.68. The summed E-state index contributed by atoms with van der Waals surface area (Å²) in [4.78, 5) is 4.78. The van der Waals surface area contributed by atoms with Crippen LogP contribution in [0.3, 0.4) is 0 Å². The summed E-state index contributed by atoms with van der Waals surface area (Å²) in [6.07, 6.45) is 0. The molecule has 2 heterocycles. The molecule has 4 N–H and O–H groups in total. The minimum atomic E-state index is -0.105. The summed E-state index contributed by atoms with van der Waals surface area (Å²) in [5, 5.41) is 20.7. The quantitative estimate of drug-likeness (QED) is 0.582. The molecule has 3 atom stereocenters. The van der Waals surface area contributed by atoms with E-state index < -0.39 is 0 Å². The van der Waals surface area contributed by atoms with Crippen LogP contribution < -0.4 is 10.9 Å². The van der Waals surface area contributed by atoms with Crippen LogP contribution in [0.4, 0.5) is 0 Å². The average molecular weight is 327 g/mol. The van der Waals surface area contributed by atoms with Crippen LogP contribution in [-0.4, -0.2) is 21.2 Å². The Balaban J connectivity index is 1.78. The molecule has 0 aliphatic carbocycles. The highest BCUT2D eigenvalue weighted by atomic mass is 32.1. The fourth-order valence-corrected chi connectivity index (χ4v) is 4.36. The topological polar surface area (TPSA) is 77.4 Å². The maximum Gasteiger partial charge on any atom is 0.124 e. The van der Waals surface area contributed by atoms with Gasteiger partial charge in [-0.25, -0.2) is 10.4 Å². The molecule has 2 aromatic carbocycles. The fraction of sp³-hybridized carbons (Fsp3) is 0.235. The first kappa shape index (κ1) is 14.4. The van der Waals surface area contributed by atoms with Gasteiger partial charge in [-0.3, -0.25) is 5.43 Å². The van der Waals surface area contributed by atoms with E-state index >= 15 is 0 Å². The molecular weight excluding hydrogens is 310 g/mol. The zero-order chi connectivity index (χ0) is 16.0. The number of hydrogen-bond acceptors (Lipinski definition) is 6. The molecule has 1 fully saturated rings. The van der Waals surface area contributed by atoms with Crippen LogP contribution in [0.5, 0.6) is 11.5 Å². The summed E-state index contributed by atoms with van der Waals surface area (Å²) in [5.41, 5.74) is 8.25. The van der Waals surface area contributed by atoms with Gasteiger partial charge in [0.05, 0.1) is 16.3 Å². The van der Waals surface area contributed by atoms with Gasteiger partial charge in [0.15, 0.2) is 0 Å². The largest absolute Gasteiger partial charge is 0.508 e. The minimum absolute atomic E-state index is 0.0572. The first-order chi connectivity index (χ1) is 11.1. The third-order valence-electron chi connectivity index (χ3n) is 4.31. The molecule has 6 heteroatoms. The maximum absolute atomic E-state index is 10.2. The number of thiazole rings is 1. The van der Waals surface area contributed by atoms with Crippen LogP contribution in [0, 0.1) is 0 Å². The second-order valence-electron chi connectivity index (χ2n) is 5.84. The van der Waals surface area contributed by atoms with Crippen LogP contribution in [-0.2, 0) is 0 Å². The molecule has 0 amide bonds. The molecule has 23 heavy (non-hydrogen) atoms. The number of nitrogens with zero attached hydrogens (tertiary/aromatic N) is 1. The number of rotatable bonds is 2. The van der Waals surface area contributed by atoms with E-state index in [4.69, 9.17) is 4.98 Å². The SMILES string of the molecule is CC1NNC(c2ccc(O)cc2O)C1c1nc2ccccc2s1. The number of fused-ring (bicyclic) bond motifs is 1. The Bertz CT molecular complexity index is 831. The zero-order valence-corrected chi connectivity index (χ0v) is 13.3. The Morgan fingerprint density at radius 1 is 1.09 bits per heavy atom. The van der Waals surface area contributed by atoms with Crippen molar-refractivity contribution in [1.29, 1.82) is 0 Å². The van der Waals surface area contributed by atoms with E-state index in [1.54, 1.807) is 23.5 Å². The number of hydrazine groups is 1. The Kier molecular flexibility index (Phi) is 3.45. The lowest BCUT2D eigenvalue weighted by atomic mass is 9.90. The Labute approximate surface area is 137 Å². The minimum Gasteiger partial charge on any atom is -0.508 e. The molecule has 0 radical (unpaired) electrons. The molecular formula is C17H17N3O2S. The Morgan fingerprint density at radius 3 is 2.70 bits per heavy atom. The normalized spacial score (nSPS) is 24.3. The molecule has 4 rings (SSSR count). The van der Waals surface area contributed by atoms with Gasteiger partial charge in [-0.05, 0) is 25.1 Å². The molecule has 0 spiro atoms. The summed E-state index contributed by atoms with van der Waals surface area (Å²) in [6.45, 7) is 2.10. The molecule has 0 bridgehead atoms. The van der Waals surface area contributed by atoms with Gasteiger partial charge in [0.25, 0.3) is 0 Å². The molecule has 1 saturated heterocycles. The number of benzene rings is 2. The van der Waals surface area contributed by atoms with Gasteiger partial charge in [0.2, 0.25) is 0 Å².